The first-order valence-corrected chi connectivity index (χ1v) is 9.93. The fourth-order valence-corrected chi connectivity index (χ4v) is 4.64. The van der Waals surface area contributed by atoms with Crippen molar-refractivity contribution in [3.63, 3.8) is 0 Å². The van der Waals surface area contributed by atoms with Gasteiger partial charge < -0.3 is 9.30 Å². The molecule has 27 heavy (non-hydrogen) atoms. The summed E-state index contributed by atoms with van der Waals surface area (Å²) in [5.74, 6) is 0.828. The van der Waals surface area contributed by atoms with Crippen LogP contribution in [0.3, 0.4) is 0 Å². The van der Waals surface area contributed by atoms with E-state index in [4.69, 9.17) is 0 Å². The van der Waals surface area contributed by atoms with Gasteiger partial charge in [0.05, 0.1) is 4.90 Å². The number of aryl methyl sites for hydroxylation is 1. The van der Waals surface area contributed by atoms with Gasteiger partial charge in [-0.3, -0.25) is 0 Å². The molecule has 1 aromatic heterocycles. The molecule has 1 aliphatic rings. The van der Waals surface area contributed by atoms with Gasteiger partial charge in [-0.2, -0.15) is 4.31 Å². The van der Waals surface area contributed by atoms with Crippen molar-refractivity contribution in [2.24, 2.45) is 5.92 Å². The first-order chi connectivity index (χ1) is 12.6. The molecule has 1 saturated heterocycles. The van der Waals surface area contributed by atoms with Crippen LogP contribution in [0.2, 0.25) is 0 Å². The zero-order chi connectivity index (χ0) is 19.7. The Hall–Kier alpha value is -2.07. The Morgan fingerprint density at radius 3 is 2.33 bits per heavy atom. The van der Waals surface area contributed by atoms with Gasteiger partial charge in [-0.25, -0.2) is 13.4 Å². The maximum absolute atomic E-state index is 12.7. The van der Waals surface area contributed by atoms with Gasteiger partial charge in [0.2, 0.25) is 10.0 Å². The van der Waals surface area contributed by atoms with Crippen LogP contribution in [0.4, 0.5) is 13.2 Å². The summed E-state index contributed by atoms with van der Waals surface area (Å²) in [6, 6.07) is 4.29. The van der Waals surface area contributed by atoms with Crippen LogP contribution in [0.25, 0.3) is 0 Å². The lowest BCUT2D eigenvalue weighted by atomic mass is 9.98. The fraction of sp³-hybridized carbons (Fsp3) is 0.471. The summed E-state index contributed by atoms with van der Waals surface area (Å²) in [6.45, 7) is 3.47. The van der Waals surface area contributed by atoms with Crippen molar-refractivity contribution in [3.05, 3.63) is 42.5 Å². The molecule has 10 heteroatoms. The third-order valence-corrected chi connectivity index (χ3v) is 6.56. The molecule has 1 aliphatic heterocycles. The highest BCUT2D eigenvalue weighted by atomic mass is 32.2. The van der Waals surface area contributed by atoms with Crippen molar-refractivity contribution >= 4 is 10.0 Å². The average Bonchev–Trinajstić information content (AvgIpc) is 2.99. The van der Waals surface area contributed by atoms with E-state index in [9.17, 15) is 21.6 Å². The van der Waals surface area contributed by atoms with E-state index < -0.39 is 22.1 Å². The topological polar surface area (TPSA) is 64.4 Å². The molecule has 2 heterocycles. The highest BCUT2D eigenvalue weighted by molar-refractivity contribution is 7.89. The highest BCUT2D eigenvalue weighted by Gasteiger charge is 2.32. The number of hydrogen-bond acceptors (Lipinski definition) is 4. The van der Waals surface area contributed by atoms with Crippen LogP contribution in [0.15, 0.2) is 41.6 Å². The Morgan fingerprint density at radius 2 is 1.81 bits per heavy atom. The van der Waals surface area contributed by atoms with E-state index in [2.05, 4.69) is 9.72 Å². The predicted octanol–water partition coefficient (Wildman–Crippen LogP) is 3.19. The van der Waals surface area contributed by atoms with Crippen molar-refractivity contribution in [1.82, 2.24) is 13.9 Å². The van der Waals surface area contributed by atoms with Crippen LogP contribution in [-0.2, 0) is 16.6 Å². The largest absolute Gasteiger partial charge is 0.573 e. The van der Waals surface area contributed by atoms with Gasteiger partial charge >= 0.3 is 6.36 Å². The first kappa shape index (κ1) is 19.7. The second-order valence-electron chi connectivity index (χ2n) is 6.49. The average molecular weight is 403 g/mol. The van der Waals surface area contributed by atoms with E-state index >= 15 is 0 Å². The van der Waals surface area contributed by atoms with Gasteiger partial charge in [0, 0.05) is 32.0 Å². The molecule has 6 nitrogen and oxygen atoms in total. The Morgan fingerprint density at radius 1 is 1.19 bits per heavy atom. The second kappa shape index (κ2) is 7.51. The number of hydrogen-bond donors (Lipinski definition) is 0. The zero-order valence-corrected chi connectivity index (χ0v) is 15.5. The number of ether oxygens (including phenoxy) is 1. The molecular formula is C17H20F3N3O3S. The van der Waals surface area contributed by atoms with E-state index in [0.717, 1.165) is 36.6 Å². The minimum atomic E-state index is -4.81. The van der Waals surface area contributed by atoms with Crippen LogP contribution in [-0.4, -0.2) is 41.7 Å². The maximum Gasteiger partial charge on any atom is 0.573 e. The van der Waals surface area contributed by atoms with E-state index in [0.29, 0.717) is 31.8 Å². The highest BCUT2D eigenvalue weighted by Crippen LogP contribution is 2.28. The molecule has 1 aromatic carbocycles. The summed E-state index contributed by atoms with van der Waals surface area (Å²) in [7, 11) is -3.74. The van der Waals surface area contributed by atoms with Crippen LogP contribution >= 0.6 is 0 Å². The van der Waals surface area contributed by atoms with Crippen LogP contribution < -0.4 is 4.74 Å². The number of piperidine rings is 1. The maximum atomic E-state index is 12.7. The SMILES string of the molecule is Cc1nccn1CC1CCN(S(=O)(=O)c2ccc(OC(F)(F)F)cc2)CC1. The number of halogens is 3. The number of alkyl halides is 3. The van der Waals surface area contributed by atoms with Crippen molar-refractivity contribution < 1.29 is 26.3 Å². The van der Waals surface area contributed by atoms with Crippen LogP contribution in [0.5, 0.6) is 5.75 Å². The molecule has 1 fully saturated rings. The molecule has 0 atom stereocenters. The monoisotopic (exact) mass is 403 g/mol. The number of imidazole rings is 1. The van der Waals surface area contributed by atoms with Crippen molar-refractivity contribution in [2.45, 2.75) is 37.6 Å². The van der Waals surface area contributed by atoms with E-state index in [1.54, 1.807) is 6.20 Å². The molecular weight excluding hydrogens is 383 g/mol. The molecule has 0 unspecified atom stereocenters. The van der Waals surface area contributed by atoms with Gasteiger partial charge in [0.25, 0.3) is 0 Å². The Bertz CT molecular complexity index is 871. The van der Waals surface area contributed by atoms with Gasteiger partial charge in [0.15, 0.2) is 0 Å². The number of nitrogens with zero attached hydrogens (tertiary/aromatic N) is 3. The second-order valence-corrected chi connectivity index (χ2v) is 8.43. The molecule has 0 N–H and O–H groups in total. The number of sulfonamides is 1. The van der Waals surface area contributed by atoms with Gasteiger partial charge in [-0.15, -0.1) is 13.2 Å². The minimum Gasteiger partial charge on any atom is -0.406 e. The lowest BCUT2D eigenvalue weighted by Crippen LogP contribution is -2.39. The summed E-state index contributed by atoms with van der Waals surface area (Å²) in [5, 5.41) is 0. The van der Waals surface area contributed by atoms with Gasteiger partial charge in [-0.1, -0.05) is 0 Å². The van der Waals surface area contributed by atoms with E-state index in [-0.39, 0.29) is 4.90 Å². The first-order valence-electron chi connectivity index (χ1n) is 8.49. The van der Waals surface area contributed by atoms with Crippen molar-refractivity contribution in [2.75, 3.05) is 13.1 Å². The molecule has 2 aromatic rings. The predicted molar refractivity (Wildman–Crippen MR) is 91.6 cm³/mol. The summed E-state index contributed by atoms with van der Waals surface area (Å²) in [6.07, 6.45) is 0.262. The van der Waals surface area contributed by atoms with Gasteiger partial charge in [0.1, 0.15) is 11.6 Å². The Labute approximate surface area is 155 Å². The lowest BCUT2D eigenvalue weighted by molar-refractivity contribution is -0.274. The summed E-state index contributed by atoms with van der Waals surface area (Å²) in [5.41, 5.74) is 0. The third-order valence-electron chi connectivity index (χ3n) is 4.65. The normalized spacial score (nSPS) is 17.2. The van der Waals surface area contributed by atoms with E-state index in [1.165, 1.54) is 4.31 Å². The van der Waals surface area contributed by atoms with Crippen LogP contribution in [0, 0.1) is 12.8 Å². The summed E-state index contributed by atoms with van der Waals surface area (Å²) >= 11 is 0. The molecule has 0 aliphatic carbocycles. The fourth-order valence-electron chi connectivity index (χ4n) is 3.17. The Balaban J connectivity index is 1.62. The smallest absolute Gasteiger partial charge is 0.406 e. The quantitative estimate of drug-likeness (QED) is 0.769. The molecule has 0 saturated carbocycles. The summed E-state index contributed by atoms with van der Waals surface area (Å²) < 4.78 is 69.2. The third kappa shape index (κ3) is 4.81. The molecule has 0 amide bonds. The molecule has 0 radical (unpaired) electrons. The molecule has 148 valence electrons. The van der Waals surface area contributed by atoms with Crippen LogP contribution in [0.1, 0.15) is 18.7 Å². The number of rotatable bonds is 5. The van der Waals surface area contributed by atoms with Crippen molar-refractivity contribution in [3.8, 4) is 5.75 Å². The van der Waals surface area contributed by atoms with Gasteiger partial charge in [-0.05, 0) is 49.9 Å². The van der Waals surface area contributed by atoms with Crippen molar-refractivity contribution in [1.29, 1.82) is 0 Å². The van der Waals surface area contributed by atoms with E-state index in [1.807, 2.05) is 17.7 Å². The standard InChI is InChI=1S/C17H20F3N3O3S/c1-13-21-8-11-22(13)12-14-6-9-23(10-7-14)27(24,25)16-4-2-15(3-5-16)26-17(18,19)20/h2-5,8,11,14H,6-7,9-10,12H2,1H3. The minimum absolute atomic E-state index is 0.0408. The summed E-state index contributed by atoms with van der Waals surface area (Å²) in [4.78, 5) is 4.14. The molecule has 0 bridgehead atoms. The Kier molecular flexibility index (Phi) is 5.48. The number of aromatic nitrogens is 2. The molecule has 0 spiro atoms. The number of benzene rings is 1. The molecule has 3 rings (SSSR count). The lowest BCUT2D eigenvalue weighted by Gasteiger charge is -2.31. The zero-order valence-electron chi connectivity index (χ0n) is 14.7.